The highest BCUT2D eigenvalue weighted by molar-refractivity contribution is 7.89. The summed E-state index contributed by atoms with van der Waals surface area (Å²) in [5.74, 6) is 0.141. The van der Waals surface area contributed by atoms with Crippen molar-refractivity contribution in [3.8, 4) is 0 Å². The Balaban J connectivity index is 1.52. The van der Waals surface area contributed by atoms with Crippen molar-refractivity contribution < 1.29 is 13.2 Å². The third-order valence-electron chi connectivity index (χ3n) is 5.30. The van der Waals surface area contributed by atoms with Crippen LogP contribution in [0.15, 0.2) is 71.6 Å². The molecule has 1 unspecified atom stereocenters. The first-order valence-electron chi connectivity index (χ1n) is 9.82. The zero-order valence-corrected chi connectivity index (χ0v) is 17.1. The van der Waals surface area contributed by atoms with E-state index in [2.05, 4.69) is 10.0 Å². The maximum atomic E-state index is 12.8. The van der Waals surface area contributed by atoms with Crippen molar-refractivity contribution in [3.63, 3.8) is 0 Å². The molecule has 1 saturated carbocycles. The van der Waals surface area contributed by atoms with Gasteiger partial charge in [0.1, 0.15) is 0 Å². The van der Waals surface area contributed by atoms with Crippen LogP contribution in [0.5, 0.6) is 0 Å². The number of amides is 1. The van der Waals surface area contributed by atoms with Gasteiger partial charge in [0.05, 0.1) is 10.9 Å². The molecule has 1 fully saturated rings. The lowest BCUT2D eigenvalue weighted by Gasteiger charge is -2.17. The second-order valence-electron chi connectivity index (χ2n) is 7.59. The van der Waals surface area contributed by atoms with Gasteiger partial charge in [-0.05, 0) is 60.2 Å². The third kappa shape index (κ3) is 4.49. The van der Waals surface area contributed by atoms with Gasteiger partial charge in [-0.15, -0.1) is 0 Å². The van der Waals surface area contributed by atoms with E-state index in [1.807, 2.05) is 49.4 Å². The van der Waals surface area contributed by atoms with E-state index in [1.165, 1.54) is 12.1 Å². The minimum atomic E-state index is -3.61. The van der Waals surface area contributed by atoms with Gasteiger partial charge >= 0.3 is 0 Å². The van der Waals surface area contributed by atoms with Crippen LogP contribution in [-0.4, -0.2) is 20.9 Å². The fourth-order valence-corrected chi connectivity index (χ4v) is 4.58. The Bertz CT molecular complexity index is 1150. The number of carbonyl (C=O) groups is 1. The molecule has 6 heteroatoms. The lowest BCUT2D eigenvalue weighted by atomic mass is 9.99. The van der Waals surface area contributed by atoms with Crippen molar-refractivity contribution in [2.75, 3.05) is 6.54 Å². The predicted molar refractivity (Wildman–Crippen MR) is 114 cm³/mol. The molecule has 1 amide bonds. The molecule has 4 rings (SSSR count). The molecule has 29 heavy (non-hydrogen) atoms. The van der Waals surface area contributed by atoms with Crippen LogP contribution in [-0.2, 0) is 10.0 Å². The second-order valence-corrected chi connectivity index (χ2v) is 9.35. The predicted octanol–water partition coefficient (Wildman–Crippen LogP) is 4.02. The molecule has 3 aromatic rings. The average molecular weight is 409 g/mol. The van der Waals surface area contributed by atoms with Gasteiger partial charge in [-0.3, -0.25) is 4.79 Å². The fourth-order valence-electron chi connectivity index (χ4n) is 3.42. The molecule has 3 aromatic carbocycles. The van der Waals surface area contributed by atoms with Crippen LogP contribution in [0.2, 0.25) is 0 Å². The van der Waals surface area contributed by atoms with E-state index in [1.54, 1.807) is 12.1 Å². The van der Waals surface area contributed by atoms with E-state index < -0.39 is 10.0 Å². The van der Waals surface area contributed by atoms with Crippen molar-refractivity contribution in [1.82, 2.24) is 10.0 Å². The van der Waals surface area contributed by atoms with Gasteiger partial charge in [-0.2, -0.15) is 0 Å². The number of hydrogen-bond donors (Lipinski definition) is 2. The van der Waals surface area contributed by atoms with Crippen molar-refractivity contribution >= 4 is 26.7 Å². The smallest absolute Gasteiger partial charge is 0.251 e. The topological polar surface area (TPSA) is 75.3 Å². The summed E-state index contributed by atoms with van der Waals surface area (Å²) < 4.78 is 27.6. The zero-order valence-electron chi connectivity index (χ0n) is 16.3. The monoisotopic (exact) mass is 408 g/mol. The van der Waals surface area contributed by atoms with Gasteiger partial charge in [-0.25, -0.2) is 13.1 Å². The number of benzene rings is 3. The summed E-state index contributed by atoms with van der Waals surface area (Å²) in [6.45, 7) is 2.38. The van der Waals surface area contributed by atoms with Crippen LogP contribution in [0.1, 0.15) is 41.7 Å². The van der Waals surface area contributed by atoms with E-state index in [0.29, 0.717) is 18.0 Å². The minimum absolute atomic E-state index is 0.114. The number of hydrogen-bond acceptors (Lipinski definition) is 3. The zero-order chi connectivity index (χ0) is 20.4. The van der Waals surface area contributed by atoms with Crippen LogP contribution >= 0.6 is 0 Å². The molecule has 5 nitrogen and oxygen atoms in total. The first kappa shape index (κ1) is 19.6. The van der Waals surface area contributed by atoms with E-state index >= 15 is 0 Å². The molecule has 0 saturated heterocycles. The van der Waals surface area contributed by atoms with Crippen LogP contribution < -0.4 is 10.0 Å². The van der Waals surface area contributed by atoms with E-state index in [0.717, 1.165) is 29.2 Å². The fraction of sp³-hybridized carbons (Fsp3) is 0.261. The highest BCUT2D eigenvalue weighted by Gasteiger charge is 2.24. The number of rotatable bonds is 7. The molecule has 0 spiro atoms. The summed E-state index contributed by atoms with van der Waals surface area (Å²) >= 11 is 0. The summed E-state index contributed by atoms with van der Waals surface area (Å²) in [6.07, 6.45) is 2.13. The SMILES string of the molecule is CC(NC(=O)c1cccc(S(=O)(=O)NCC2CC2)c1)c1cccc2ccccc12. The molecule has 0 radical (unpaired) electrons. The highest BCUT2D eigenvalue weighted by Crippen LogP contribution is 2.28. The number of sulfonamides is 1. The van der Waals surface area contributed by atoms with E-state index in [9.17, 15) is 13.2 Å². The minimum Gasteiger partial charge on any atom is -0.345 e. The maximum Gasteiger partial charge on any atom is 0.251 e. The summed E-state index contributed by atoms with van der Waals surface area (Å²) in [7, 11) is -3.61. The Morgan fingerprint density at radius 2 is 1.76 bits per heavy atom. The van der Waals surface area contributed by atoms with Gasteiger partial charge in [0.2, 0.25) is 10.0 Å². The van der Waals surface area contributed by atoms with Crippen molar-refractivity contribution in [2.24, 2.45) is 5.92 Å². The second kappa shape index (κ2) is 7.97. The van der Waals surface area contributed by atoms with Crippen molar-refractivity contribution in [2.45, 2.75) is 30.7 Å². The molecule has 1 atom stereocenters. The van der Waals surface area contributed by atoms with Gasteiger partial charge < -0.3 is 5.32 Å². The Labute approximate surface area is 171 Å². The highest BCUT2D eigenvalue weighted by atomic mass is 32.2. The first-order valence-corrected chi connectivity index (χ1v) is 11.3. The number of nitrogens with one attached hydrogen (secondary N) is 2. The van der Waals surface area contributed by atoms with Crippen LogP contribution in [0.25, 0.3) is 10.8 Å². The average Bonchev–Trinajstić information content (AvgIpc) is 3.56. The maximum absolute atomic E-state index is 12.8. The number of carbonyl (C=O) groups excluding carboxylic acids is 1. The Kier molecular flexibility index (Phi) is 5.39. The van der Waals surface area contributed by atoms with Gasteiger partial charge in [0.15, 0.2) is 0 Å². The summed E-state index contributed by atoms with van der Waals surface area (Å²) in [4.78, 5) is 12.9. The van der Waals surface area contributed by atoms with Crippen LogP contribution in [0, 0.1) is 5.92 Å². The van der Waals surface area contributed by atoms with Gasteiger partial charge in [-0.1, -0.05) is 48.5 Å². The van der Waals surface area contributed by atoms with E-state index in [4.69, 9.17) is 0 Å². The molecule has 0 aliphatic heterocycles. The molecule has 150 valence electrons. The molecule has 0 aromatic heterocycles. The molecular weight excluding hydrogens is 384 g/mol. The molecule has 2 N–H and O–H groups in total. The normalized spacial score (nSPS) is 15.2. The molecule has 1 aliphatic carbocycles. The van der Waals surface area contributed by atoms with Crippen molar-refractivity contribution in [3.05, 3.63) is 77.9 Å². The third-order valence-corrected chi connectivity index (χ3v) is 6.72. The lowest BCUT2D eigenvalue weighted by Crippen LogP contribution is -2.28. The first-order chi connectivity index (χ1) is 13.9. The molecule has 0 bridgehead atoms. The molecule has 1 aliphatic rings. The Morgan fingerprint density at radius 3 is 2.55 bits per heavy atom. The summed E-state index contributed by atoms with van der Waals surface area (Å²) in [5.41, 5.74) is 1.35. The van der Waals surface area contributed by atoms with Gasteiger partial charge in [0, 0.05) is 12.1 Å². The lowest BCUT2D eigenvalue weighted by molar-refractivity contribution is 0.0940. The van der Waals surface area contributed by atoms with Crippen LogP contribution in [0.4, 0.5) is 0 Å². The quantitative estimate of drug-likeness (QED) is 0.620. The summed E-state index contributed by atoms with van der Waals surface area (Å²) in [5, 5.41) is 5.19. The van der Waals surface area contributed by atoms with Gasteiger partial charge in [0.25, 0.3) is 5.91 Å². The molecular formula is C23H24N2O3S. The Hall–Kier alpha value is -2.70. The Morgan fingerprint density at radius 1 is 1.03 bits per heavy atom. The summed E-state index contributed by atoms with van der Waals surface area (Å²) in [6, 6.07) is 20.0. The standard InChI is InChI=1S/C23H24N2O3S/c1-16(21-11-5-7-18-6-2-3-10-22(18)21)25-23(26)19-8-4-9-20(14-19)29(27,28)24-15-17-12-13-17/h2-11,14,16-17,24H,12-13,15H2,1H3,(H,25,26). The van der Waals surface area contributed by atoms with Crippen LogP contribution in [0.3, 0.4) is 0 Å². The largest absolute Gasteiger partial charge is 0.345 e. The van der Waals surface area contributed by atoms with E-state index in [-0.39, 0.29) is 16.8 Å². The number of fused-ring (bicyclic) bond motifs is 1. The molecule has 0 heterocycles. The van der Waals surface area contributed by atoms with Crippen molar-refractivity contribution in [1.29, 1.82) is 0 Å².